The van der Waals surface area contributed by atoms with Gasteiger partial charge in [-0.25, -0.2) is 9.59 Å². The predicted octanol–water partition coefficient (Wildman–Crippen LogP) is 9.69. The van der Waals surface area contributed by atoms with Crippen molar-refractivity contribution in [1.82, 2.24) is 9.80 Å². The number of ether oxygens (including phenoxy) is 3. The molecule has 6 rings (SSSR count). The van der Waals surface area contributed by atoms with E-state index in [1.54, 1.807) is 12.1 Å². The van der Waals surface area contributed by atoms with Gasteiger partial charge in [-0.1, -0.05) is 31.2 Å². The summed E-state index contributed by atoms with van der Waals surface area (Å²) in [5, 5.41) is 8.81. The number of nitrogens with zero attached hydrogens (tertiary/aromatic N) is 2. The van der Waals surface area contributed by atoms with E-state index in [0.29, 0.717) is 22.7 Å². The number of carbonyl (C=O) groups excluding carboxylic acids is 2. The lowest BCUT2D eigenvalue weighted by atomic mass is 9.58. The molecule has 4 fully saturated rings. The highest BCUT2D eigenvalue weighted by Gasteiger charge is 2.48. The van der Waals surface area contributed by atoms with Gasteiger partial charge in [0, 0.05) is 26.2 Å². The highest BCUT2D eigenvalue weighted by molar-refractivity contribution is 5.68. The molecule has 8 heteroatoms. The molecule has 0 aromatic heterocycles. The predicted molar refractivity (Wildman–Crippen MR) is 195 cm³/mol. The summed E-state index contributed by atoms with van der Waals surface area (Å²) in [7, 11) is 0. The zero-order valence-electron chi connectivity index (χ0n) is 31.6. The van der Waals surface area contributed by atoms with Crippen molar-refractivity contribution in [2.45, 2.75) is 131 Å². The molecular formula is C41H62N2O6. The number of likely N-dealkylation sites (tertiary alicyclic amines) is 2. The summed E-state index contributed by atoms with van der Waals surface area (Å²) in [4.78, 5) is 27.8. The lowest BCUT2D eigenvalue weighted by molar-refractivity contribution is -0.0583. The van der Waals surface area contributed by atoms with Crippen molar-refractivity contribution in [1.29, 1.82) is 0 Å². The van der Waals surface area contributed by atoms with E-state index < -0.39 is 5.60 Å². The van der Waals surface area contributed by atoms with Gasteiger partial charge in [-0.2, -0.15) is 0 Å². The van der Waals surface area contributed by atoms with Crippen LogP contribution in [0.2, 0.25) is 0 Å². The molecule has 1 N–H and O–H groups in total. The molecule has 2 heterocycles. The molecule has 2 aliphatic carbocycles. The molecule has 0 unspecified atom stereocenters. The Labute approximate surface area is 295 Å². The molecular weight excluding hydrogens is 616 g/mol. The van der Waals surface area contributed by atoms with Gasteiger partial charge in [0.05, 0.1) is 6.10 Å². The van der Waals surface area contributed by atoms with Crippen LogP contribution in [0.3, 0.4) is 0 Å². The van der Waals surface area contributed by atoms with Gasteiger partial charge in [0.2, 0.25) is 0 Å². The molecule has 2 aromatic rings. The number of piperidine rings is 2. The van der Waals surface area contributed by atoms with Gasteiger partial charge in [0.1, 0.15) is 22.7 Å². The maximum absolute atomic E-state index is 12.1. The number of aryl methyl sites for hydroxylation is 2. The third-order valence-electron chi connectivity index (χ3n) is 10.1. The summed E-state index contributed by atoms with van der Waals surface area (Å²) < 4.78 is 17.0. The maximum atomic E-state index is 12.1. The van der Waals surface area contributed by atoms with E-state index in [-0.39, 0.29) is 17.8 Å². The summed E-state index contributed by atoms with van der Waals surface area (Å²) in [6, 6.07) is 15.4. The van der Waals surface area contributed by atoms with E-state index in [2.05, 4.69) is 26.0 Å². The van der Waals surface area contributed by atoms with Crippen LogP contribution in [0.25, 0.3) is 0 Å². The van der Waals surface area contributed by atoms with Gasteiger partial charge in [0.25, 0.3) is 0 Å². The molecule has 2 amide bonds. The number of rotatable bonds is 2. The molecule has 2 aromatic carbocycles. The molecule has 0 bridgehead atoms. The molecule has 272 valence electrons. The SMILES string of the molecule is CC1CC2(CCN(C(=O)OC(C)(C)C)CC2)C1.Cc1cccc(O)c1.Cc1cccc(OC2CC3(CCN(C(=O)OC(C)(C)C)CC3)C2)c1. The first-order valence-electron chi connectivity index (χ1n) is 18.3. The van der Waals surface area contributed by atoms with Crippen molar-refractivity contribution in [3.8, 4) is 11.5 Å². The number of amides is 2. The summed E-state index contributed by atoms with van der Waals surface area (Å²) in [5.74, 6) is 2.20. The fourth-order valence-electron chi connectivity index (χ4n) is 7.71. The Morgan fingerprint density at radius 3 is 1.49 bits per heavy atom. The van der Waals surface area contributed by atoms with Crippen LogP contribution in [0.1, 0.15) is 111 Å². The van der Waals surface area contributed by atoms with Crippen molar-refractivity contribution < 1.29 is 28.9 Å². The van der Waals surface area contributed by atoms with E-state index in [9.17, 15) is 9.59 Å². The van der Waals surface area contributed by atoms with Gasteiger partial charge < -0.3 is 29.1 Å². The molecule has 2 saturated carbocycles. The maximum Gasteiger partial charge on any atom is 0.410 e. The lowest BCUT2D eigenvalue weighted by Gasteiger charge is -2.51. The molecule has 4 aliphatic rings. The molecule has 8 nitrogen and oxygen atoms in total. The van der Waals surface area contributed by atoms with Crippen LogP contribution in [0, 0.1) is 30.6 Å². The van der Waals surface area contributed by atoms with Crippen LogP contribution in [-0.4, -0.2) is 70.6 Å². The van der Waals surface area contributed by atoms with Gasteiger partial charge in [0.15, 0.2) is 0 Å². The number of phenolic OH excluding ortho intramolecular Hbond substituents is 1. The second-order valence-electron chi connectivity index (χ2n) is 17.3. The summed E-state index contributed by atoms with van der Waals surface area (Å²) >= 11 is 0. The zero-order chi connectivity index (χ0) is 36.0. The van der Waals surface area contributed by atoms with Crippen molar-refractivity contribution in [3.63, 3.8) is 0 Å². The van der Waals surface area contributed by atoms with Crippen LogP contribution >= 0.6 is 0 Å². The first kappa shape index (κ1) is 38.4. The number of aromatic hydroxyl groups is 1. The molecule has 2 aliphatic heterocycles. The summed E-state index contributed by atoms with van der Waals surface area (Å²) in [6.45, 7) is 21.2. The Kier molecular flexibility index (Phi) is 12.3. The number of carbonyl (C=O) groups is 2. The monoisotopic (exact) mass is 678 g/mol. The van der Waals surface area contributed by atoms with Crippen LogP contribution < -0.4 is 4.74 Å². The lowest BCUT2D eigenvalue weighted by Crippen LogP contribution is -2.52. The third-order valence-corrected chi connectivity index (χ3v) is 10.1. The second kappa shape index (κ2) is 15.6. The number of phenols is 1. The first-order chi connectivity index (χ1) is 22.8. The van der Waals surface area contributed by atoms with E-state index >= 15 is 0 Å². The van der Waals surface area contributed by atoms with Crippen molar-refractivity contribution >= 4 is 12.2 Å². The Balaban J connectivity index is 0.000000187. The molecule has 49 heavy (non-hydrogen) atoms. The summed E-state index contributed by atoms with van der Waals surface area (Å²) in [6.07, 6.45) is 9.35. The fraction of sp³-hybridized carbons (Fsp3) is 0.659. The molecule has 0 radical (unpaired) electrons. The van der Waals surface area contributed by atoms with Gasteiger partial charge >= 0.3 is 12.2 Å². The minimum absolute atomic E-state index is 0.139. The topological polar surface area (TPSA) is 88.5 Å². The fourth-order valence-corrected chi connectivity index (χ4v) is 7.71. The quantitative estimate of drug-likeness (QED) is 0.340. The highest BCUT2D eigenvalue weighted by atomic mass is 16.6. The second-order valence-corrected chi connectivity index (χ2v) is 17.3. The molecule has 2 spiro atoms. The van der Waals surface area contributed by atoms with Crippen molar-refractivity contribution in [2.75, 3.05) is 26.2 Å². The molecule has 0 atom stereocenters. The minimum atomic E-state index is -0.421. The van der Waals surface area contributed by atoms with Crippen LogP contribution in [-0.2, 0) is 9.47 Å². The largest absolute Gasteiger partial charge is 0.508 e. The first-order valence-corrected chi connectivity index (χ1v) is 18.3. The van der Waals surface area contributed by atoms with Crippen LogP contribution in [0.5, 0.6) is 11.5 Å². The van der Waals surface area contributed by atoms with Gasteiger partial charge in [-0.05, 0) is 159 Å². The molecule has 2 saturated heterocycles. The van der Waals surface area contributed by atoms with Gasteiger partial charge in [-0.15, -0.1) is 0 Å². The summed E-state index contributed by atoms with van der Waals surface area (Å²) in [5.41, 5.74) is 2.45. The van der Waals surface area contributed by atoms with E-state index in [1.807, 2.05) is 82.5 Å². The van der Waals surface area contributed by atoms with E-state index in [4.69, 9.17) is 19.3 Å². The Morgan fingerprint density at radius 2 is 1.12 bits per heavy atom. The Morgan fingerprint density at radius 1 is 0.694 bits per heavy atom. The zero-order valence-corrected chi connectivity index (χ0v) is 31.6. The van der Waals surface area contributed by atoms with Crippen molar-refractivity contribution in [2.24, 2.45) is 16.7 Å². The van der Waals surface area contributed by atoms with E-state index in [1.165, 1.54) is 18.4 Å². The average molecular weight is 679 g/mol. The standard InChI is InChI=1S/C20H29NO3.C14H25NO2.C7H8O/c1-15-6-5-7-16(12-15)23-17-13-20(14-17)8-10-21(11-9-20)18(22)24-19(2,3)4;1-11-9-14(10-11)5-7-15(8-6-14)12(16)17-13(2,3)4;1-6-3-2-4-7(8)5-6/h5-7,12,17H,8-11,13-14H2,1-4H3;11H,5-10H2,1-4H3;2-5,8H,1H3. The number of benzene rings is 2. The van der Waals surface area contributed by atoms with Crippen molar-refractivity contribution in [3.05, 3.63) is 59.7 Å². The van der Waals surface area contributed by atoms with Gasteiger partial charge in [-0.3, -0.25) is 0 Å². The number of hydrogen-bond donors (Lipinski definition) is 1. The number of hydrogen-bond acceptors (Lipinski definition) is 6. The van der Waals surface area contributed by atoms with Crippen LogP contribution in [0.4, 0.5) is 9.59 Å². The normalized spacial score (nSPS) is 21.2. The smallest absolute Gasteiger partial charge is 0.410 e. The average Bonchev–Trinajstić information content (AvgIpc) is 2.95. The minimum Gasteiger partial charge on any atom is -0.508 e. The highest BCUT2D eigenvalue weighted by Crippen LogP contribution is 2.52. The third kappa shape index (κ3) is 11.9. The van der Waals surface area contributed by atoms with E-state index in [0.717, 1.165) is 81.9 Å². The Bertz CT molecular complexity index is 1360. The van der Waals surface area contributed by atoms with Crippen LogP contribution in [0.15, 0.2) is 48.5 Å². The Hall–Kier alpha value is -3.42.